The number of Topliss-reactive ketones (excluding diaryl/α,β-unsaturated/α-hetero) is 1. The Labute approximate surface area is 107 Å². The van der Waals surface area contributed by atoms with E-state index in [1.165, 1.54) is 6.92 Å². The number of nitrogens with two attached hydrogens (primary N) is 1. The molecule has 1 saturated heterocycles. The second-order valence-electron chi connectivity index (χ2n) is 5.11. The maximum absolute atomic E-state index is 11.3. The number of hydrogen-bond donors (Lipinski definition) is 2. The zero-order chi connectivity index (χ0) is 13.3. The third-order valence-electron chi connectivity index (χ3n) is 3.64. The molecule has 0 saturated carbocycles. The van der Waals surface area contributed by atoms with Gasteiger partial charge in [-0.1, -0.05) is 6.92 Å². The van der Waals surface area contributed by atoms with Gasteiger partial charge in [-0.05, 0) is 37.5 Å². The van der Waals surface area contributed by atoms with Crippen LogP contribution in [0.3, 0.4) is 0 Å². The van der Waals surface area contributed by atoms with Crippen LogP contribution in [0, 0.1) is 5.92 Å². The van der Waals surface area contributed by atoms with Gasteiger partial charge in [0.1, 0.15) is 0 Å². The number of rotatable bonds is 2. The summed E-state index contributed by atoms with van der Waals surface area (Å²) in [4.78, 5) is 13.5. The Hall–Kier alpha value is -1.55. The molecule has 0 aromatic heterocycles. The van der Waals surface area contributed by atoms with Gasteiger partial charge >= 0.3 is 0 Å². The molecule has 4 nitrogen and oxygen atoms in total. The number of piperidine rings is 1. The van der Waals surface area contributed by atoms with Gasteiger partial charge in [-0.25, -0.2) is 0 Å². The molecule has 2 unspecified atom stereocenters. The third kappa shape index (κ3) is 2.48. The zero-order valence-electron chi connectivity index (χ0n) is 10.9. The Kier molecular flexibility index (Phi) is 3.57. The fourth-order valence-corrected chi connectivity index (χ4v) is 2.44. The molecule has 4 heteroatoms. The molecule has 1 aliphatic heterocycles. The molecule has 0 spiro atoms. The molecule has 0 radical (unpaired) electrons. The molecule has 98 valence electrons. The Balaban J connectivity index is 2.19. The molecule has 1 aliphatic rings. The number of hydrogen-bond acceptors (Lipinski definition) is 4. The number of ketones is 1. The molecule has 0 bridgehead atoms. The summed E-state index contributed by atoms with van der Waals surface area (Å²) in [6.45, 7) is 5.21. The van der Waals surface area contributed by atoms with Crippen LogP contribution in [0.2, 0.25) is 0 Å². The highest BCUT2D eigenvalue weighted by Gasteiger charge is 2.24. The largest absolute Gasteiger partial charge is 0.398 e. The van der Waals surface area contributed by atoms with E-state index in [2.05, 4.69) is 4.90 Å². The molecule has 1 fully saturated rings. The lowest BCUT2D eigenvalue weighted by molar-refractivity contribution is 0.0971. The van der Waals surface area contributed by atoms with E-state index >= 15 is 0 Å². The van der Waals surface area contributed by atoms with E-state index in [1.807, 2.05) is 19.1 Å². The van der Waals surface area contributed by atoms with Crippen molar-refractivity contribution in [2.45, 2.75) is 26.4 Å². The fourth-order valence-electron chi connectivity index (χ4n) is 2.44. The summed E-state index contributed by atoms with van der Waals surface area (Å²) < 4.78 is 0. The van der Waals surface area contributed by atoms with Crippen molar-refractivity contribution in [2.75, 3.05) is 23.7 Å². The molecule has 1 aromatic rings. The Morgan fingerprint density at radius 2 is 2.22 bits per heavy atom. The number of benzene rings is 1. The normalized spacial score (nSPS) is 24.1. The first-order chi connectivity index (χ1) is 8.49. The van der Waals surface area contributed by atoms with Crippen molar-refractivity contribution in [3.05, 3.63) is 23.8 Å². The Morgan fingerprint density at radius 1 is 1.50 bits per heavy atom. The van der Waals surface area contributed by atoms with Crippen LogP contribution in [-0.4, -0.2) is 30.1 Å². The third-order valence-corrected chi connectivity index (χ3v) is 3.64. The highest BCUT2D eigenvalue weighted by atomic mass is 16.3. The maximum atomic E-state index is 11.3. The van der Waals surface area contributed by atoms with E-state index < -0.39 is 0 Å². The first-order valence-electron chi connectivity index (χ1n) is 6.32. The first kappa shape index (κ1) is 12.9. The van der Waals surface area contributed by atoms with Crippen LogP contribution < -0.4 is 10.6 Å². The molecular weight excluding hydrogens is 228 g/mol. The molecule has 18 heavy (non-hydrogen) atoms. The summed E-state index contributed by atoms with van der Waals surface area (Å²) in [5.74, 6) is 0.244. The van der Waals surface area contributed by atoms with Crippen LogP contribution in [0.25, 0.3) is 0 Å². The molecule has 1 heterocycles. The predicted molar refractivity (Wildman–Crippen MR) is 72.9 cm³/mol. The molecule has 1 aromatic carbocycles. The van der Waals surface area contributed by atoms with Gasteiger partial charge in [0.2, 0.25) is 0 Å². The van der Waals surface area contributed by atoms with Gasteiger partial charge in [0, 0.05) is 30.0 Å². The van der Waals surface area contributed by atoms with Gasteiger partial charge in [-0.3, -0.25) is 4.79 Å². The Morgan fingerprint density at radius 3 is 2.78 bits per heavy atom. The molecule has 3 N–H and O–H groups in total. The minimum absolute atomic E-state index is 0.0125. The summed E-state index contributed by atoms with van der Waals surface area (Å²) in [7, 11) is 0. The van der Waals surface area contributed by atoms with Crippen molar-refractivity contribution in [3.8, 4) is 0 Å². The minimum Gasteiger partial charge on any atom is -0.398 e. The average molecular weight is 248 g/mol. The number of anilines is 2. The van der Waals surface area contributed by atoms with Crippen LogP contribution in [0.5, 0.6) is 0 Å². The van der Waals surface area contributed by atoms with Gasteiger partial charge in [-0.15, -0.1) is 0 Å². The van der Waals surface area contributed by atoms with Gasteiger partial charge in [-0.2, -0.15) is 0 Å². The molecule has 0 aliphatic carbocycles. The van der Waals surface area contributed by atoms with Crippen molar-refractivity contribution in [2.24, 2.45) is 5.92 Å². The van der Waals surface area contributed by atoms with E-state index in [4.69, 9.17) is 5.73 Å². The quantitative estimate of drug-likeness (QED) is 0.617. The van der Waals surface area contributed by atoms with Crippen molar-refractivity contribution >= 4 is 17.2 Å². The lowest BCUT2D eigenvalue weighted by Gasteiger charge is -2.36. The average Bonchev–Trinajstić information content (AvgIpc) is 2.32. The first-order valence-corrected chi connectivity index (χ1v) is 6.32. The number of aliphatic hydroxyl groups is 1. The molecule has 2 atom stereocenters. The van der Waals surface area contributed by atoms with Gasteiger partial charge in [0.25, 0.3) is 0 Å². The number of carbonyl (C=O) groups is 1. The predicted octanol–water partition coefficient (Wildman–Crippen LogP) is 1.68. The monoisotopic (exact) mass is 248 g/mol. The topological polar surface area (TPSA) is 66.6 Å². The van der Waals surface area contributed by atoms with E-state index in [0.29, 0.717) is 11.3 Å². The highest BCUT2D eigenvalue weighted by molar-refractivity contribution is 5.99. The highest BCUT2D eigenvalue weighted by Crippen LogP contribution is 2.26. The molecule has 0 amide bonds. The van der Waals surface area contributed by atoms with Crippen LogP contribution in [0.1, 0.15) is 30.6 Å². The second-order valence-corrected chi connectivity index (χ2v) is 5.11. The summed E-state index contributed by atoms with van der Waals surface area (Å²) in [6.07, 6.45) is 0.560. The second kappa shape index (κ2) is 4.98. The number of aliphatic hydroxyl groups excluding tert-OH is 1. The standard InChI is InChI=1S/C14H20N2O2/c1-9-8-16(6-5-14(9)18)11-3-4-12(10(2)17)13(15)7-11/h3-4,7,9,14,18H,5-6,8,15H2,1-2H3. The summed E-state index contributed by atoms with van der Waals surface area (Å²) in [6, 6.07) is 5.56. The SMILES string of the molecule is CC(=O)c1ccc(N2CCC(O)C(C)C2)cc1N. The van der Waals surface area contributed by atoms with Crippen molar-refractivity contribution < 1.29 is 9.90 Å². The smallest absolute Gasteiger partial charge is 0.161 e. The van der Waals surface area contributed by atoms with Crippen molar-refractivity contribution in [3.63, 3.8) is 0 Å². The van der Waals surface area contributed by atoms with E-state index in [1.54, 1.807) is 6.07 Å². The summed E-state index contributed by atoms with van der Waals surface area (Å²) in [5, 5.41) is 9.72. The van der Waals surface area contributed by atoms with Crippen molar-refractivity contribution in [1.82, 2.24) is 0 Å². The number of nitrogen functional groups attached to an aromatic ring is 1. The lowest BCUT2D eigenvalue weighted by Crippen LogP contribution is -2.42. The van der Waals surface area contributed by atoms with Crippen LogP contribution in [0.15, 0.2) is 18.2 Å². The van der Waals surface area contributed by atoms with Gasteiger partial charge in [0.15, 0.2) is 5.78 Å². The summed E-state index contributed by atoms with van der Waals surface area (Å²) >= 11 is 0. The van der Waals surface area contributed by atoms with Gasteiger partial charge in [0.05, 0.1) is 6.10 Å². The van der Waals surface area contributed by atoms with E-state index in [9.17, 15) is 9.90 Å². The Bertz CT molecular complexity index is 459. The van der Waals surface area contributed by atoms with Crippen molar-refractivity contribution in [1.29, 1.82) is 0 Å². The minimum atomic E-state index is -0.213. The van der Waals surface area contributed by atoms with E-state index in [0.717, 1.165) is 25.2 Å². The lowest BCUT2D eigenvalue weighted by atomic mass is 9.96. The zero-order valence-corrected chi connectivity index (χ0v) is 10.9. The van der Waals surface area contributed by atoms with Crippen LogP contribution in [0.4, 0.5) is 11.4 Å². The fraction of sp³-hybridized carbons (Fsp3) is 0.500. The maximum Gasteiger partial charge on any atom is 0.161 e. The van der Waals surface area contributed by atoms with Crippen LogP contribution >= 0.6 is 0 Å². The summed E-state index contributed by atoms with van der Waals surface area (Å²) in [5.41, 5.74) is 8.02. The van der Waals surface area contributed by atoms with Crippen LogP contribution in [-0.2, 0) is 0 Å². The molecular formula is C14H20N2O2. The molecule has 2 rings (SSSR count). The number of nitrogens with zero attached hydrogens (tertiary/aromatic N) is 1. The van der Waals surface area contributed by atoms with Gasteiger partial charge < -0.3 is 15.7 Å². The van der Waals surface area contributed by atoms with E-state index in [-0.39, 0.29) is 17.8 Å². The number of carbonyl (C=O) groups excluding carboxylic acids is 1.